The van der Waals surface area contributed by atoms with Crippen LogP contribution in [0.25, 0.3) is 0 Å². The lowest BCUT2D eigenvalue weighted by atomic mass is 9.89. The van der Waals surface area contributed by atoms with Gasteiger partial charge in [-0.2, -0.15) is 11.8 Å². The van der Waals surface area contributed by atoms with E-state index in [1.165, 1.54) is 12.8 Å². The predicted octanol–water partition coefficient (Wildman–Crippen LogP) is 2.92. The fourth-order valence-electron chi connectivity index (χ4n) is 3.34. The number of hydrogen-bond acceptors (Lipinski definition) is 3. The van der Waals surface area contributed by atoms with Crippen molar-refractivity contribution in [1.29, 1.82) is 0 Å². The van der Waals surface area contributed by atoms with Gasteiger partial charge in [0.15, 0.2) is 0 Å². The number of carbonyl (C=O) groups excluding carboxylic acids is 1. The SMILES string of the molecule is CSCC[C@H](C)NC(=O)N[C@@H]1CCOC2(CCCC2)C1. The number of rotatable bonds is 5. The molecular formula is C15H28N2O2S. The van der Waals surface area contributed by atoms with E-state index in [0.29, 0.717) is 0 Å². The van der Waals surface area contributed by atoms with Gasteiger partial charge >= 0.3 is 6.03 Å². The molecule has 0 aromatic heterocycles. The van der Waals surface area contributed by atoms with E-state index in [9.17, 15) is 4.79 Å². The Balaban J connectivity index is 1.73. The van der Waals surface area contributed by atoms with Gasteiger partial charge in [0.2, 0.25) is 0 Å². The molecule has 1 spiro atoms. The molecule has 116 valence electrons. The Hall–Kier alpha value is -0.420. The summed E-state index contributed by atoms with van der Waals surface area (Å²) in [6, 6.07) is 0.496. The molecule has 1 saturated carbocycles. The maximum absolute atomic E-state index is 12.0. The summed E-state index contributed by atoms with van der Waals surface area (Å²) in [6.45, 7) is 2.85. The first-order valence-electron chi connectivity index (χ1n) is 7.83. The van der Waals surface area contributed by atoms with Gasteiger partial charge in [-0.3, -0.25) is 0 Å². The van der Waals surface area contributed by atoms with E-state index in [1.807, 2.05) is 11.8 Å². The van der Waals surface area contributed by atoms with Crippen molar-refractivity contribution >= 4 is 17.8 Å². The van der Waals surface area contributed by atoms with E-state index < -0.39 is 0 Å². The molecule has 0 bridgehead atoms. The lowest BCUT2D eigenvalue weighted by Crippen LogP contribution is -2.51. The minimum Gasteiger partial charge on any atom is -0.375 e. The van der Waals surface area contributed by atoms with Gasteiger partial charge in [-0.25, -0.2) is 4.79 Å². The lowest BCUT2D eigenvalue weighted by molar-refractivity contribution is -0.0820. The maximum atomic E-state index is 12.0. The van der Waals surface area contributed by atoms with E-state index in [1.54, 1.807) is 0 Å². The number of thioether (sulfide) groups is 1. The summed E-state index contributed by atoms with van der Waals surface area (Å²) in [5, 5.41) is 6.18. The second kappa shape index (κ2) is 7.55. The molecule has 1 aliphatic heterocycles. The minimum absolute atomic E-state index is 0.0151. The molecule has 2 aliphatic rings. The van der Waals surface area contributed by atoms with Gasteiger partial charge in [0.25, 0.3) is 0 Å². The van der Waals surface area contributed by atoms with Crippen LogP contribution in [0.4, 0.5) is 4.79 Å². The normalized spacial score (nSPS) is 26.4. The summed E-state index contributed by atoms with van der Waals surface area (Å²) in [4.78, 5) is 12.0. The van der Waals surface area contributed by atoms with E-state index in [-0.39, 0.29) is 23.7 Å². The summed E-state index contributed by atoms with van der Waals surface area (Å²) in [6.07, 6.45) is 9.90. The first kappa shape index (κ1) is 16.0. The van der Waals surface area contributed by atoms with Crippen LogP contribution in [-0.4, -0.2) is 42.3 Å². The molecule has 2 atom stereocenters. The Kier molecular flexibility index (Phi) is 6.02. The third-order valence-electron chi connectivity index (χ3n) is 4.48. The average molecular weight is 300 g/mol. The molecular weight excluding hydrogens is 272 g/mol. The van der Waals surface area contributed by atoms with Gasteiger partial charge in [0.1, 0.15) is 0 Å². The van der Waals surface area contributed by atoms with Crippen LogP contribution in [-0.2, 0) is 4.74 Å². The first-order chi connectivity index (χ1) is 9.63. The molecule has 4 nitrogen and oxygen atoms in total. The highest BCUT2D eigenvalue weighted by molar-refractivity contribution is 7.98. The summed E-state index contributed by atoms with van der Waals surface area (Å²) < 4.78 is 6.00. The van der Waals surface area contributed by atoms with Gasteiger partial charge in [-0.15, -0.1) is 0 Å². The minimum atomic E-state index is -0.0151. The highest BCUT2D eigenvalue weighted by Gasteiger charge is 2.40. The van der Waals surface area contributed by atoms with Crippen molar-refractivity contribution in [2.75, 3.05) is 18.6 Å². The molecule has 2 fully saturated rings. The largest absolute Gasteiger partial charge is 0.375 e. The Morgan fingerprint density at radius 1 is 1.45 bits per heavy atom. The topological polar surface area (TPSA) is 50.4 Å². The van der Waals surface area contributed by atoms with Crippen LogP contribution in [0.2, 0.25) is 0 Å². The second-order valence-corrected chi connectivity index (χ2v) is 7.21. The molecule has 1 heterocycles. The highest BCUT2D eigenvalue weighted by atomic mass is 32.2. The molecule has 2 N–H and O–H groups in total. The first-order valence-corrected chi connectivity index (χ1v) is 9.23. The molecule has 5 heteroatoms. The lowest BCUT2D eigenvalue weighted by Gasteiger charge is -2.38. The molecule has 0 unspecified atom stereocenters. The third-order valence-corrected chi connectivity index (χ3v) is 5.12. The zero-order valence-corrected chi connectivity index (χ0v) is 13.6. The van der Waals surface area contributed by atoms with Crippen LogP contribution in [0.15, 0.2) is 0 Å². The molecule has 0 aromatic carbocycles. The quantitative estimate of drug-likeness (QED) is 0.821. The Bertz CT molecular complexity index is 319. The molecule has 20 heavy (non-hydrogen) atoms. The predicted molar refractivity (Wildman–Crippen MR) is 84.3 cm³/mol. The van der Waals surface area contributed by atoms with Crippen molar-refractivity contribution in [3.05, 3.63) is 0 Å². The van der Waals surface area contributed by atoms with Crippen molar-refractivity contribution in [1.82, 2.24) is 10.6 Å². The summed E-state index contributed by atoms with van der Waals surface area (Å²) in [5.41, 5.74) is 0.0701. The monoisotopic (exact) mass is 300 g/mol. The van der Waals surface area contributed by atoms with Crippen molar-refractivity contribution in [2.45, 2.75) is 69.6 Å². The van der Waals surface area contributed by atoms with Crippen molar-refractivity contribution in [3.8, 4) is 0 Å². The van der Waals surface area contributed by atoms with Crippen molar-refractivity contribution in [2.24, 2.45) is 0 Å². The van der Waals surface area contributed by atoms with Crippen LogP contribution >= 0.6 is 11.8 Å². The average Bonchev–Trinajstić information content (AvgIpc) is 2.84. The second-order valence-electron chi connectivity index (χ2n) is 6.23. The molecule has 0 radical (unpaired) electrons. The fourth-order valence-corrected chi connectivity index (χ4v) is 3.93. The molecule has 1 aliphatic carbocycles. The van der Waals surface area contributed by atoms with Crippen LogP contribution in [0.3, 0.4) is 0 Å². The molecule has 1 saturated heterocycles. The van der Waals surface area contributed by atoms with E-state index in [0.717, 1.165) is 44.5 Å². The number of urea groups is 1. The van der Waals surface area contributed by atoms with E-state index in [4.69, 9.17) is 4.74 Å². The number of nitrogens with one attached hydrogen (secondary N) is 2. The van der Waals surface area contributed by atoms with Crippen molar-refractivity contribution < 1.29 is 9.53 Å². The van der Waals surface area contributed by atoms with Gasteiger partial charge in [-0.05, 0) is 51.0 Å². The third kappa shape index (κ3) is 4.55. The number of carbonyl (C=O) groups is 1. The molecule has 0 aromatic rings. The summed E-state index contributed by atoms with van der Waals surface area (Å²) in [5.74, 6) is 1.09. The molecule has 2 rings (SSSR count). The van der Waals surface area contributed by atoms with Crippen LogP contribution < -0.4 is 10.6 Å². The van der Waals surface area contributed by atoms with Gasteiger partial charge < -0.3 is 15.4 Å². The van der Waals surface area contributed by atoms with Gasteiger partial charge in [-0.1, -0.05) is 12.8 Å². The standard InChI is InChI=1S/C15H28N2O2S/c1-12(6-10-20-2)16-14(18)17-13-5-9-19-15(11-13)7-3-4-8-15/h12-13H,3-11H2,1-2H3,(H2,16,17,18)/t12-,13+/m0/s1. The Morgan fingerprint density at radius 2 is 2.20 bits per heavy atom. The zero-order valence-electron chi connectivity index (χ0n) is 12.7. The Morgan fingerprint density at radius 3 is 2.90 bits per heavy atom. The number of amides is 2. The van der Waals surface area contributed by atoms with Crippen LogP contribution in [0, 0.1) is 0 Å². The number of hydrogen-bond donors (Lipinski definition) is 2. The molecule has 2 amide bonds. The Labute approximate surface area is 126 Å². The smallest absolute Gasteiger partial charge is 0.315 e. The van der Waals surface area contributed by atoms with Gasteiger partial charge in [0.05, 0.1) is 5.60 Å². The van der Waals surface area contributed by atoms with E-state index in [2.05, 4.69) is 23.8 Å². The number of ether oxygens (including phenoxy) is 1. The summed E-state index contributed by atoms with van der Waals surface area (Å²) >= 11 is 1.82. The van der Waals surface area contributed by atoms with Crippen molar-refractivity contribution in [3.63, 3.8) is 0 Å². The van der Waals surface area contributed by atoms with E-state index >= 15 is 0 Å². The summed E-state index contributed by atoms with van der Waals surface area (Å²) in [7, 11) is 0. The maximum Gasteiger partial charge on any atom is 0.315 e. The zero-order chi connectivity index (χ0) is 14.4. The highest BCUT2D eigenvalue weighted by Crippen LogP contribution is 2.39. The fraction of sp³-hybridized carbons (Fsp3) is 0.933. The van der Waals surface area contributed by atoms with Crippen LogP contribution in [0.5, 0.6) is 0 Å². The van der Waals surface area contributed by atoms with Gasteiger partial charge in [0, 0.05) is 18.7 Å². The van der Waals surface area contributed by atoms with Crippen LogP contribution in [0.1, 0.15) is 51.9 Å².